The number of hydrogen-bond acceptors (Lipinski definition) is 8. The van der Waals surface area contributed by atoms with E-state index >= 15 is 0 Å². The highest BCUT2D eigenvalue weighted by molar-refractivity contribution is 5.92. The normalized spacial score (nSPS) is 15.8. The van der Waals surface area contributed by atoms with Crippen molar-refractivity contribution in [3.8, 4) is 17.2 Å². The SMILES string of the molecule is COc1ccc(CN2C(=O)C(NC(=O)OC(C)(C)C)C2CNC(=O)NCc2cc(=O)c(OCc3ccccc3)c[nH]2)c(OC)c1. The molecule has 45 heavy (non-hydrogen) atoms. The molecule has 1 aliphatic heterocycles. The number of nitrogens with zero attached hydrogens (tertiary/aromatic N) is 1. The van der Waals surface area contributed by atoms with Crippen LogP contribution >= 0.6 is 0 Å². The molecule has 0 aliphatic carbocycles. The van der Waals surface area contributed by atoms with Gasteiger partial charge in [-0.15, -0.1) is 0 Å². The number of rotatable bonds is 12. The van der Waals surface area contributed by atoms with E-state index in [-0.39, 0.29) is 43.3 Å². The lowest BCUT2D eigenvalue weighted by molar-refractivity contribution is -0.151. The molecule has 1 saturated heterocycles. The number of carbonyl (C=O) groups excluding carboxylic acids is 3. The van der Waals surface area contributed by atoms with Crippen LogP contribution in [-0.2, 0) is 29.2 Å². The maximum absolute atomic E-state index is 13.2. The molecule has 0 spiro atoms. The van der Waals surface area contributed by atoms with Crippen molar-refractivity contribution in [2.75, 3.05) is 20.8 Å². The van der Waals surface area contributed by atoms with E-state index in [4.69, 9.17) is 18.9 Å². The van der Waals surface area contributed by atoms with Gasteiger partial charge < -0.3 is 44.8 Å². The highest BCUT2D eigenvalue weighted by atomic mass is 16.6. The van der Waals surface area contributed by atoms with Crippen LogP contribution in [0, 0.1) is 0 Å². The molecule has 13 nitrogen and oxygen atoms in total. The van der Waals surface area contributed by atoms with E-state index in [0.29, 0.717) is 17.2 Å². The van der Waals surface area contributed by atoms with Crippen molar-refractivity contribution in [1.29, 1.82) is 0 Å². The van der Waals surface area contributed by atoms with Crippen LogP contribution in [0.5, 0.6) is 17.2 Å². The number of nitrogens with one attached hydrogen (secondary N) is 4. The van der Waals surface area contributed by atoms with Gasteiger partial charge in [0.2, 0.25) is 11.3 Å². The number of aromatic amines is 1. The van der Waals surface area contributed by atoms with Crippen LogP contribution in [0.4, 0.5) is 9.59 Å². The third-order valence-corrected chi connectivity index (χ3v) is 6.93. The quantitative estimate of drug-likeness (QED) is 0.225. The lowest BCUT2D eigenvalue weighted by Gasteiger charge is -2.47. The van der Waals surface area contributed by atoms with Crippen LogP contribution in [0.1, 0.15) is 37.6 Å². The van der Waals surface area contributed by atoms with Gasteiger partial charge in [-0.05, 0) is 38.5 Å². The fraction of sp³-hybridized carbons (Fsp3) is 0.375. The number of carbonyl (C=O) groups is 3. The van der Waals surface area contributed by atoms with E-state index in [2.05, 4.69) is 20.9 Å². The first-order valence-electron chi connectivity index (χ1n) is 14.4. The molecule has 1 aliphatic rings. The Hall–Kier alpha value is -5.20. The third-order valence-electron chi connectivity index (χ3n) is 6.93. The van der Waals surface area contributed by atoms with E-state index in [1.165, 1.54) is 24.3 Å². The van der Waals surface area contributed by atoms with Gasteiger partial charge in [-0.1, -0.05) is 30.3 Å². The van der Waals surface area contributed by atoms with E-state index < -0.39 is 29.8 Å². The van der Waals surface area contributed by atoms with Crippen LogP contribution < -0.4 is 35.6 Å². The first-order valence-corrected chi connectivity index (χ1v) is 14.4. The predicted octanol–water partition coefficient (Wildman–Crippen LogP) is 3.07. The Morgan fingerprint density at radius 2 is 1.71 bits per heavy atom. The molecule has 4 rings (SSSR count). The van der Waals surface area contributed by atoms with Crippen LogP contribution in [0.3, 0.4) is 0 Å². The Morgan fingerprint density at radius 1 is 0.956 bits per heavy atom. The van der Waals surface area contributed by atoms with Crippen molar-refractivity contribution >= 4 is 18.0 Å². The van der Waals surface area contributed by atoms with Crippen molar-refractivity contribution in [1.82, 2.24) is 25.8 Å². The fourth-order valence-electron chi connectivity index (χ4n) is 4.67. The van der Waals surface area contributed by atoms with Gasteiger partial charge in [-0.3, -0.25) is 9.59 Å². The zero-order valence-corrected chi connectivity index (χ0v) is 26.0. The first kappa shape index (κ1) is 32.7. The van der Waals surface area contributed by atoms with Crippen LogP contribution in [-0.4, -0.2) is 66.4 Å². The second kappa shape index (κ2) is 14.5. The van der Waals surface area contributed by atoms with Crippen molar-refractivity contribution in [3.63, 3.8) is 0 Å². The molecule has 240 valence electrons. The van der Waals surface area contributed by atoms with Gasteiger partial charge in [-0.2, -0.15) is 0 Å². The van der Waals surface area contributed by atoms with Crippen LogP contribution in [0.15, 0.2) is 65.6 Å². The second-order valence-electron chi connectivity index (χ2n) is 11.4. The summed E-state index contributed by atoms with van der Waals surface area (Å²) in [5, 5.41) is 8.06. The Labute approximate surface area is 261 Å². The molecule has 2 aromatic carbocycles. The number of ether oxygens (including phenoxy) is 4. The molecule has 4 amide bonds. The zero-order valence-electron chi connectivity index (χ0n) is 26.0. The highest BCUT2D eigenvalue weighted by Gasteiger charge is 2.48. The van der Waals surface area contributed by atoms with Gasteiger partial charge in [0.15, 0.2) is 5.75 Å². The average Bonchev–Trinajstić information content (AvgIpc) is 3.01. The van der Waals surface area contributed by atoms with Crippen LogP contribution in [0.25, 0.3) is 0 Å². The van der Waals surface area contributed by atoms with Gasteiger partial charge in [0, 0.05) is 42.7 Å². The topological polar surface area (TPSA) is 160 Å². The molecule has 0 bridgehead atoms. The number of benzene rings is 2. The van der Waals surface area contributed by atoms with Crippen molar-refractivity contribution < 1.29 is 33.3 Å². The number of β-lactam (4-membered cyclic amide) rings is 1. The summed E-state index contributed by atoms with van der Waals surface area (Å²) >= 11 is 0. The molecule has 1 fully saturated rings. The summed E-state index contributed by atoms with van der Waals surface area (Å²) in [4.78, 5) is 55.4. The molecule has 2 heterocycles. The molecule has 1 aromatic heterocycles. The van der Waals surface area contributed by atoms with Gasteiger partial charge in [-0.25, -0.2) is 9.59 Å². The summed E-state index contributed by atoms with van der Waals surface area (Å²) < 4.78 is 21.7. The fourth-order valence-corrected chi connectivity index (χ4v) is 4.67. The number of urea groups is 1. The number of pyridine rings is 1. The van der Waals surface area contributed by atoms with E-state index in [1.54, 1.807) is 46.1 Å². The molecule has 2 unspecified atom stereocenters. The molecule has 2 atom stereocenters. The molecular weight excluding hydrogens is 582 g/mol. The Bertz CT molecular complexity index is 1550. The molecule has 0 saturated carbocycles. The van der Waals surface area contributed by atoms with Gasteiger partial charge >= 0.3 is 12.1 Å². The number of hydrogen-bond donors (Lipinski definition) is 4. The number of amides is 4. The summed E-state index contributed by atoms with van der Waals surface area (Å²) in [5.74, 6) is 0.957. The molecule has 3 aromatic rings. The number of aromatic nitrogens is 1. The smallest absolute Gasteiger partial charge is 0.408 e. The molecule has 13 heteroatoms. The first-order chi connectivity index (χ1) is 21.5. The van der Waals surface area contributed by atoms with E-state index in [1.807, 2.05) is 30.3 Å². The van der Waals surface area contributed by atoms with Crippen molar-refractivity contribution in [2.45, 2.75) is 58.2 Å². The van der Waals surface area contributed by atoms with E-state index in [0.717, 1.165) is 11.1 Å². The summed E-state index contributed by atoms with van der Waals surface area (Å²) in [5.41, 5.74) is 1.04. The van der Waals surface area contributed by atoms with Crippen LogP contribution in [0.2, 0.25) is 0 Å². The summed E-state index contributed by atoms with van der Waals surface area (Å²) in [6, 6.07) is 14.1. The highest BCUT2D eigenvalue weighted by Crippen LogP contribution is 2.30. The minimum absolute atomic E-state index is 0.0271. The Morgan fingerprint density at radius 3 is 2.38 bits per heavy atom. The Balaban J connectivity index is 1.36. The lowest BCUT2D eigenvalue weighted by Crippen LogP contribution is -2.73. The average molecular weight is 622 g/mol. The van der Waals surface area contributed by atoms with Gasteiger partial charge in [0.05, 0.1) is 26.8 Å². The lowest BCUT2D eigenvalue weighted by atomic mass is 9.93. The Kier molecular flexibility index (Phi) is 10.6. The summed E-state index contributed by atoms with van der Waals surface area (Å²) in [7, 11) is 3.06. The zero-order chi connectivity index (χ0) is 32.6. The minimum Gasteiger partial charge on any atom is -0.497 e. The third kappa shape index (κ3) is 8.91. The van der Waals surface area contributed by atoms with Crippen molar-refractivity contribution in [2.24, 2.45) is 0 Å². The molecule has 0 radical (unpaired) electrons. The minimum atomic E-state index is -0.913. The summed E-state index contributed by atoms with van der Waals surface area (Å²) in [6.45, 7) is 5.65. The number of H-pyrrole nitrogens is 1. The largest absolute Gasteiger partial charge is 0.497 e. The molecular formula is C32H39N5O8. The van der Waals surface area contributed by atoms with E-state index in [9.17, 15) is 19.2 Å². The predicted molar refractivity (Wildman–Crippen MR) is 165 cm³/mol. The summed E-state index contributed by atoms with van der Waals surface area (Å²) in [6.07, 6.45) is 0.718. The monoisotopic (exact) mass is 621 g/mol. The van der Waals surface area contributed by atoms with Gasteiger partial charge in [0.1, 0.15) is 29.7 Å². The number of methoxy groups -OCH3 is 2. The number of alkyl carbamates (subject to hydrolysis) is 1. The van der Waals surface area contributed by atoms with Crippen molar-refractivity contribution in [3.05, 3.63) is 87.8 Å². The second-order valence-corrected chi connectivity index (χ2v) is 11.4. The molecule has 4 N–H and O–H groups in total. The van der Waals surface area contributed by atoms with Gasteiger partial charge in [0.25, 0.3) is 0 Å². The maximum Gasteiger partial charge on any atom is 0.408 e. The maximum atomic E-state index is 13.2. The standard InChI is InChI=1S/C32H39N5O8/c1-32(2,3)45-31(41)36-28-24(37(29(28)39)18-21-11-12-23(42-4)14-26(21)43-5)16-35-30(40)34-15-22-13-25(38)27(17-33-22)44-19-20-9-7-6-8-10-20/h6-14,17,24,28H,15-16,18-19H2,1-5H3,(H,33,38)(H,36,41)(H2,34,35,40). The number of likely N-dealkylation sites (tertiary alicyclic amines) is 1.